The molecule has 2 aromatic heterocycles. The van der Waals surface area contributed by atoms with Crippen molar-refractivity contribution in [3.8, 4) is 5.82 Å². The predicted molar refractivity (Wildman–Crippen MR) is 70.9 cm³/mol. The number of pyridine rings is 1. The highest BCUT2D eigenvalue weighted by molar-refractivity contribution is 5.32. The minimum Gasteiger partial charge on any atom is -0.310 e. The van der Waals surface area contributed by atoms with Gasteiger partial charge in [0, 0.05) is 24.3 Å². The van der Waals surface area contributed by atoms with Gasteiger partial charge < -0.3 is 5.32 Å². The van der Waals surface area contributed by atoms with Crippen LogP contribution in [0.15, 0.2) is 24.5 Å². The zero-order chi connectivity index (χ0) is 14.1. The summed E-state index contributed by atoms with van der Waals surface area (Å²) in [4.78, 5) is 4.12. The summed E-state index contributed by atoms with van der Waals surface area (Å²) in [5.41, 5.74) is 1.43. The largest absolute Gasteiger partial charge is 0.310 e. The van der Waals surface area contributed by atoms with E-state index in [2.05, 4.69) is 15.4 Å². The number of aryl methyl sites for hydroxylation is 1. The monoisotopic (exact) mass is 278 g/mol. The molecule has 0 amide bonds. The van der Waals surface area contributed by atoms with Crippen molar-refractivity contribution in [1.29, 1.82) is 0 Å². The Morgan fingerprint density at radius 1 is 1.45 bits per heavy atom. The van der Waals surface area contributed by atoms with E-state index < -0.39 is 6.43 Å². The van der Waals surface area contributed by atoms with Crippen LogP contribution >= 0.6 is 0 Å². The highest BCUT2D eigenvalue weighted by Gasteiger charge is 2.24. The summed E-state index contributed by atoms with van der Waals surface area (Å²) < 4.78 is 27.9. The second-order valence-electron chi connectivity index (χ2n) is 5.11. The van der Waals surface area contributed by atoms with Crippen molar-refractivity contribution in [2.45, 2.75) is 38.8 Å². The van der Waals surface area contributed by atoms with Gasteiger partial charge in [0.2, 0.25) is 0 Å². The molecular weight excluding hydrogens is 262 g/mol. The highest BCUT2D eigenvalue weighted by Crippen LogP contribution is 2.26. The third-order valence-corrected chi connectivity index (χ3v) is 3.37. The van der Waals surface area contributed by atoms with Crippen LogP contribution in [0.1, 0.15) is 36.1 Å². The van der Waals surface area contributed by atoms with Gasteiger partial charge in [0.25, 0.3) is 6.43 Å². The van der Waals surface area contributed by atoms with E-state index in [9.17, 15) is 8.78 Å². The van der Waals surface area contributed by atoms with Crippen molar-refractivity contribution in [3.05, 3.63) is 41.3 Å². The summed E-state index contributed by atoms with van der Waals surface area (Å²) in [6.45, 7) is 2.32. The number of aromatic nitrogens is 3. The van der Waals surface area contributed by atoms with Gasteiger partial charge >= 0.3 is 0 Å². The van der Waals surface area contributed by atoms with E-state index in [-0.39, 0.29) is 5.69 Å². The fourth-order valence-corrected chi connectivity index (χ4v) is 2.12. The first kappa shape index (κ1) is 13.2. The normalized spacial score (nSPS) is 15.0. The fraction of sp³-hybridized carbons (Fsp3) is 0.429. The first-order valence-electron chi connectivity index (χ1n) is 6.66. The van der Waals surface area contributed by atoms with E-state index in [0.717, 1.165) is 18.4 Å². The standard InChI is InChI=1S/C14H16F2N4/c1-9-4-5-17-12(6-9)20-13(14(15)16)10(8-19-20)7-18-11-2-3-11/h4-6,8,11,14,18H,2-3,7H2,1H3. The second kappa shape index (κ2) is 5.28. The number of alkyl halides is 2. The van der Waals surface area contributed by atoms with Crippen LogP contribution in [0.5, 0.6) is 0 Å². The average molecular weight is 278 g/mol. The molecule has 2 heterocycles. The van der Waals surface area contributed by atoms with E-state index in [0.29, 0.717) is 24.0 Å². The lowest BCUT2D eigenvalue weighted by molar-refractivity contribution is 0.141. The van der Waals surface area contributed by atoms with E-state index >= 15 is 0 Å². The Hall–Kier alpha value is -1.82. The molecule has 1 N–H and O–H groups in total. The maximum Gasteiger partial charge on any atom is 0.280 e. The van der Waals surface area contributed by atoms with E-state index in [1.54, 1.807) is 12.3 Å². The Morgan fingerprint density at radius 3 is 2.90 bits per heavy atom. The van der Waals surface area contributed by atoms with Crippen LogP contribution in [0.4, 0.5) is 8.78 Å². The number of halogens is 2. The third kappa shape index (κ3) is 2.70. The summed E-state index contributed by atoms with van der Waals surface area (Å²) >= 11 is 0. The van der Waals surface area contributed by atoms with Crippen LogP contribution in [0.2, 0.25) is 0 Å². The molecule has 1 saturated carbocycles. The van der Waals surface area contributed by atoms with Gasteiger partial charge in [-0.2, -0.15) is 5.10 Å². The summed E-state index contributed by atoms with van der Waals surface area (Å²) in [5.74, 6) is 0.429. The van der Waals surface area contributed by atoms with Gasteiger partial charge in [-0.15, -0.1) is 0 Å². The van der Waals surface area contributed by atoms with Crippen LogP contribution in [-0.2, 0) is 6.54 Å². The lowest BCUT2D eigenvalue weighted by atomic mass is 10.2. The Morgan fingerprint density at radius 2 is 2.25 bits per heavy atom. The molecule has 0 bridgehead atoms. The smallest absolute Gasteiger partial charge is 0.280 e. The Bertz CT molecular complexity index is 605. The summed E-state index contributed by atoms with van der Waals surface area (Å²) in [6.07, 6.45) is 2.77. The molecule has 0 aliphatic heterocycles. The molecule has 0 spiro atoms. The van der Waals surface area contributed by atoms with Crippen molar-refractivity contribution in [1.82, 2.24) is 20.1 Å². The van der Waals surface area contributed by atoms with Gasteiger partial charge in [0.05, 0.1) is 6.20 Å². The van der Waals surface area contributed by atoms with E-state index in [1.807, 2.05) is 13.0 Å². The molecule has 106 valence electrons. The highest BCUT2D eigenvalue weighted by atomic mass is 19.3. The maximum absolute atomic E-state index is 13.3. The van der Waals surface area contributed by atoms with Crippen LogP contribution in [0.25, 0.3) is 5.82 Å². The van der Waals surface area contributed by atoms with Crippen molar-refractivity contribution >= 4 is 0 Å². The van der Waals surface area contributed by atoms with Gasteiger partial charge in [-0.3, -0.25) is 0 Å². The number of rotatable bonds is 5. The molecule has 6 heteroatoms. The SMILES string of the molecule is Cc1ccnc(-n2ncc(CNC3CC3)c2C(F)F)c1. The van der Waals surface area contributed by atoms with Gasteiger partial charge in [0.1, 0.15) is 5.69 Å². The maximum atomic E-state index is 13.3. The summed E-state index contributed by atoms with van der Waals surface area (Å²) in [6, 6.07) is 4.04. The topological polar surface area (TPSA) is 42.7 Å². The number of nitrogens with zero attached hydrogens (tertiary/aromatic N) is 3. The van der Waals surface area contributed by atoms with Crippen molar-refractivity contribution in [2.24, 2.45) is 0 Å². The molecule has 4 nitrogen and oxygen atoms in total. The van der Waals surface area contributed by atoms with Gasteiger partial charge in [-0.25, -0.2) is 18.4 Å². The Kier molecular flexibility index (Phi) is 3.48. The average Bonchev–Trinajstić information content (AvgIpc) is 3.14. The van der Waals surface area contributed by atoms with Crippen LogP contribution in [0.3, 0.4) is 0 Å². The Labute approximate surface area is 115 Å². The molecule has 3 rings (SSSR count). The molecule has 20 heavy (non-hydrogen) atoms. The van der Waals surface area contributed by atoms with Gasteiger partial charge in [0.15, 0.2) is 5.82 Å². The van der Waals surface area contributed by atoms with Gasteiger partial charge in [-0.05, 0) is 37.5 Å². The molecule has 0 atom stereocenters. The molecule has 0 saturated heterocycles. The molecule has 0 unspecified atom stereocenters. The van der Waals surface area contributed by atoms with Crippen molar-refractivity contribution < 1.29 is 8.78 Å². The molecule has 0 aromatic carbocycles. The summed E-state index contributed by atoms with van der Waals surface area (Å²) in [5, 5.41) is 7.32. The molecule has 0 radical (unpaired) electrons. The summed E-state index contributed by atoms with van der Waals surface area (Å²) in [7, 11) is 0. The van der Waals surface area contributed by atoms with Crippen molar-refractivity contribution in [2.75, 3.05) is 0 Å². The third-order valence-electron chi connectivity index (χ3n) is 3.37. The first-order chi connectivity index (χ1) is 9.65. The molecule has 1 aliphatic rings. The fourth-order valence-electron chi connectivity index (χ4n) is 2.12. The molecule has 1 fully saturated rings. The predicted octanol–water partition coefficient (Wildman–Crippen LogP) is 2.77. The quantitative estimate of drug-likeness (QED) is 0.914. The second-order valence-corrected chi connectivity index (χ2v) is 5.11. The molecule has 2 aromatic rings. The minimum atomic E-state index is -2.57. The van der Waals surface area contributed by atoms with E-state index in [1.165, 1.54) is 10.9 Å². The molecular formula is C14H16F2N4. The number of hydrogen-bond donors (Lipinski definition) is 1. The van der Waals surface area contributed by atoms with Crippen LogP contribution in [-0.4, -0.2) is 20.8 Å². The Balaban J connectivity index is 1.93. The van der Waals surface area contributed by atoms with E-state index in [4.69, 9.17) is 0 Å². The van der Waals surface area contributed by atoms with Gasteiger partial charge in [-0.1, -0.05) is 0 Å². The zero-order valence-corrected chi connectivity index (χ0v) is 11.2. The lowest BCUT2D eigenvalue weighted by Crippen LogP contribution is -2.16. The lowest BCUT2D eigenvalue weighted by Gasteiger charge is -2.09. The minimum absolute atomic E-state index is 0.0729. The number of nitrogens with one attached hydrogen (secondary N) is 1. The zero-order valence-electron chi connectivity index (χ0n) is 11.2. The number of hydrogen-bond acceptors (Lipinski definition) is 3. The van der Waals surface area contributed by atoms with Crippen molar-refractivity contribution in [3.63, 3.8) is 0 Å². The van der Waals surface area contributed by atoms with Crippen LogP contribution in [0, 0.1) is 6.92 Å². The first-order valence-corrected chi connectivity index (χ1v) is 6.66. The molecule has 1 aliphatic carbocycles. The van der Waals surface area contributed by atoms with Crippen LogP contribution < -0.4 is 5.32 Å².